The number of nitrogens with one attached hydrogen (secondary N) is 1. The van der Waals surface area contributed by atoms with Gasteiger partial charge in [-0.15, -0.1) is 0 Å². The molecule has 5 heteroatoms. The average molecular weight is 214 g/mol. The summed E-state index contributed by atoms with van der Waals surface area (Å²) in [6, 6.07) is 0. The predicted molar refractivity (Wildman–Crippen MR) is 57.1 cm³/mol. The molecule has 5 nitrogen and oxygen atoms in total. The van der Waals surface area contributed by atoms with Crippen molar-refractivity contribution in [2.24, 2.45) is 5.73 Å². The standard InChI is InChI=1S/C10H18N2O3/c1-3-15-10(14)8(2)7-12-6-4-5-9(11)13/h12H,2-7H2,1H3,(H2,11,13). The smallest absolute Gasteiger partial charge is 0.334 e. The summed E-state index contributed by atoms with van der Waals surface area (Å²) in [4.78, 5) is 21.5. The fraction of sp³-hybridized carbons (Fsp3) is 0.600. The molecule has 0 spiro atoms. The lowest BCUT2D eigenvalue weighted by molar-refractivity contribution is -0.138. The molecular weight excluding hydrogens is 196 g/mol. The number of hydrogen-bond acceptors (Lipinski definition) is 4. The fourth-order valence-corrected chi connectivity index (χ4v) is 0.932. The Morgan fingerprint density at radius 2 is 2.13 bits per heavy atom. The number of primary amides is 1. The number of amides is 1. The van der Waals surface area contributed by atoms with Crippen LogP contribution >= 0.6 is 0 Å². The number of carbonyl (C=O) groups excluding carboxylic acids is 2. The summed E-state index contributed by atoms with van der Waals surface area (Å²) in [6.45, 7) is 6.66. The zero-order chi connectivity index (χ0) is 11.7. The first kappa shape index (κ1) is 13.6. The Morgan fingerprint density at radius 1 is 1.47 bits per heavy atom. The third kappa shape index (κ3) is 7.69. The summed E-state index contributed by atoms with van der Waals surface area (Å²) >= 11 is 0. The highest BCUT2D eigenvalue weighted by atomic mass is 16.5. The van der Waals surface area contributed by atoms with Crippen molar-refractivity contribution in [1.82, 2.24) is 5.32 Å². The Labute approximate surface area is 89.7 Å². The van der Waals surface area contributed by atoms with Gasteiger partial charge in [0.25, 0.3) is 0 Å². The number of esters is 1. The summed E-state index contributed by atoms with van der Waals surface area (Å²) in [5.74, 6) is -0.707. The first-order valence-electron chi connectivity index (χ1n) is 4.91. The molecule has 0 unspecified atom stereocenters. The van der Waals surface area contributed by atoms with E-state index in [-0.39, 0.29) is 11.9 Å². The van der Waals surface area contributed by atoms with E-state index in [2.05, 4.69) is 11.9 Å². The molecule has 0 saturated carbocycles. The highest BCUT2D eigenvalue weighted by Crippen LogP contribution is 1.93. The molecule has 0 rings (SSSR count). The molecular formula is C10H18N2O3. The Morgan fingerprint density at radius 3 is 2.67 bits per heavy atom. The van der Waals surface area contributed by atoms with Gasteiger partial charge in [0.05, 0.1) is 6.61 Å². The van der Waals surface area contributed by atoms with Crippen molar-refractivity contribution in [3.8, 4) is 0 Å². The van der Waals surface area contributed by atoms with Gasteiger partial charge in [-0.1, -0.05) is 6.58 Å². The van der Waals surface area contributed by atoms with E-state index < -0.39 is 0 Å². The molecule has 0 aliphatic heterocycles. The topological polar surface area (TPSA) is 81.4 Å². The van der Waals surface area contributed by atoms with Crippen LogP contribution in [0.4, 0.5) is 0 Å². The second kappa shape index (κ2) is 7.99. The van der Waals surface area contributed by atoms with Gasteiger partial charge in [0.1, 0.15) is 0 Å². The summed E-state index contributed by atoms with van der Waals surface area (Å²) in [5, 5.41) is 2.97. The SMILES string of the molecule is C=C(CNCCCC(N)=O)C(=O)OCC. The van der Waals surface area contributed by atoms with E-state index in [0.29, 0.717) is 38.1 Å². The van der Waals surface area contributed by atoms with Crippen LogP contribution in [0.3, 0.4) is 0 Å². The monoisotopic (exact) mass is 214 g/mol. The van der Waals surface area contributed by atoms with E-state index in [1.54, 1.807) is 6.92 Å². The van der Waals surface area contributed by atoms with Gasteiger partial charge in [0.2, 0.25) is 5.91 Å². The van der Waals surface area contributed by atoms with Crippen molar-refractivity contribution in [1.29, 1.82) is 0 Å². The van der Waals surface area contributed by atoms with Crippen LogP contribution in [0.1, 0.15) is 19.8 Å². The second-order valence-electron chi connectivity index (χ2n) is 3.07. The van der Waals surface area contributed by atoms with Crippen molar-refractivity contribution in [2.75, 3.05) is 19.7 Å². The molecule has 0 aromatic heterocycles. The molecule has 0 saturated heterocycles. The maximum atomic E-state index is 11.1. The number of rotatable bonds is 8. The first-order chi connectivity index (χ1) is 7.07. The number of carbonyl (C=O) groups is 2. The molecule has 0 aliphatic rings. The van der Waals surface area contributed by atoms with Crippen LogP contribution in [-0.4, -0.2) is 31.6 Å². The third-order valence-electron chi connectivity index (χ3n) is 1.68. The van der Waals surface area contributed by atoms with Gasteiger partial charge in [0, 0.05) is 18.5 Å². The van der Waals surface area contributed by atoms with Gasteiger partial charge < -0.3 is 15.8 Å². The molecule has 0 aromatic carbocycles. The average Bonchev–Trinajstić information content (AvgIpc) is 2.16. The highest BCUT2D eigenvalue weighted by molar-refractivity contribution is 5.88. The Kier molecular flexibility index (Phi) is 7.27. The minimum Gasteiger partial charge on any atom is -0.463 e. The zero-order valence-electron chi connectivity index (χ0n) is 9.04. The van der Waals surface area contributed by atoms with Crippen LogP contribution in [0.15, 0.2) is 12.2 Å². The molecule has 86 valence electrons. The van der Waals surface area contributed by atoms with E-state index in [0.717, 1.165) is 0 Å². The minimum absolute atomic E-state index is 0.319. The van der Waals surface area contributed by atoms with Crippen molar-refractivity contribution < 1.29 is 14.3 Å². The maximum absolute atomic E-state index is 11.1. The van der Waals surface area contributed by atoms with Crippen LogP contribution in [0.2, 0.25) is 0 Å². The van der Waals surface area contributed by atoms with Crippen LogP contribution in [0, 0.1) is 0 Å². The summed E-state index contributed by atoms with van der Waals surface area (Å²) < 4.78 is 4.75. The summed E-state index contributed by atoms with van der Waals surface area (Å²) in [5.41, 5.74) is 5.35. The Hall–Kier alpha value is -1.36. The molecule has 0 radical (unpaired) electrons. The fourth-order valence-electron chi connectivity index (χ4n) is 0.932. The van der Waals surface area contributed by atoms with Crippen molar-refractivity contribution >= 4 is 11.9 Å². The van der Waals surface area contributed by atoms with Crippen LogP contribution < -0.4 is 11.1 Å². The number of nitrogens with two attached hydrogens (primary N) is 1. The number of hydrogen-bond donors (Lipinski definition) is 2. The molecule has 15 heavy (non-hydrogen) atoms. The van der Waals surface area contributed by atoms with Gasteiger partial charge in [-0.2, -0.15) is 0 Å². The van der Waals surface area contributed by atoms with E-state index in [4.69, 9.17) is 10.5 Å². The molecule has 1 amide bonds. The molecule has 0 aromatic rings. The lowest BCUT2D eigenvalue weighted by atomic mass is 10.2. The molecule has 3 N–H and O–H groups in total. The van der Waals surface area contributed by atoms with Crippen LogP contribution in [0.5, 0.6) is 0 Å². The van der Waals surface area contributed by atoms with E-state index in [1.807, 2.05) is 0 Å². The molecule has 0 fully saturated rings. The molecule has 0 bridgehead atoms. The van der Waals surface area contributed by atoms with Crippen molar-refractivity contribution in [3.05, 3.63) is 12.2 Å². The van der Waals surface area contributed by atoms with E-state index in [9.17, 15) is 9.59 Å². The Bertz CT molecular complexity index is 239. The zero-order valence-corrected chi connectivity index (χ0v) is 9.04. The second-order valence-corrected chi connectivity index (χ2v) is 3.07. The van der Waals surface area contributed by atoms with Gasteiger partial charge in [-0.3, -0.25) is 4.79 Å². The van der Waals surface area contributed by atoms with E-state index >= 15 is 0 Å². The van der Waals surface area contributed by atoms with Gasteiger partial charge in [0.15, 0.2) is 0 Å². The van der Waals surface area contributed by atoms with E-state index in [1.165, 1.54) is 0 Å². The van der Waals surface area contributed by atoms with Gasteiger partial charge >= 0.3 is 5.97 Å². The molecule has 0 aliphatic carbocycles. The third-order valence-corrected chi connectivity index (χ3v) is 1.68. The highest BCUT2D eigenvalue weighted by Gasteiger charge is 2.06. The largest absolute Gasteiger partial charge is 0.463 e. The van der Waals surface area contributed by atoms with Gasteiger partial charge in [-0.25, -0.2) is 4.79 Å². The predicted octanol–water partition coefficient (Wildman–Crippen LogP) is -0.0392. The van der Waals surface area contributed by atoms with Gasteiger partial charge in [-0.05, 0) is 19.9 Å². The minimum atomic E-state index is -0.389. The lowest BCUT2D eigenvalue weighted by Crippen LogP contribution is -2.23. The van der Waals surface area contributed by atoms with Crippen molar-refractivity contribution in [2.45, 2.75) is 19.8 Å². The van der Waals surface area contributed by atoms with Crippen molar-refractivity contribution in [3.63, 3.8) is 0 Å². The van der Waals surface area contributed by atoms with Crippen LogP contribution in [0.25, 0.3) is 0 Å². The molecule has 0 atom stereocenters. The summed E-state index contributed by atoms with van der Waals surface area (Å²) in [7, 11) is 0. The first-order valence-corrected chi connectivity index (χ1v) is 4.91. The quantitative estimate of drug-likeness (QED) is 0.337. The normalized spacial score (nSPS) is 9.67. The van der Waals surface area contributed by atoms with Crippen LogP contribution in [-0.2, 0) is 14.3 Å². The number of ether oxygens (including phenoxy) is 1. The maximum Gasteiger partial charge on any atom is 0.334 e. The lowest BCUT2D eigenvalue weighted by Gasteiger charge is -2.06. The Balaban J connectivity index is 3.47. The molecule has 0 heterocycles. The summed E-state index contributed by atoms with van der Waals surface area (Å²) in [6.07, 6.45) is 1.00.